The van der Waals surface area contributed by atoms with Crippen LogP contribution in [0.15, 0.2) is 24.5 Å². The fraction of sp³-hybridized carbons (Fsp3) is 0.500. The zero-order valence-corrected chi connectivity index (χ0v) is 6.62. The van der Waals surface area contributed by atoms with E-state index in [4.69, 9.17) is 0 Å². The standard InChI is InChI=1S/C8H14N2/c1-3-9(2)8-10-6-4-5-7-10/h4-7H,3,8H2,1-2H3. The third kappa shape index (κ3) is 1.88. The molecular formula is C8H14N2. The first kappa shape index (κ1) is 7.35. The van der Waals surface area contributed by atoms with Gasteiger partial charge in [-0.1, -0.05) is 6.92 Å². The predicted octanol–water partition coefficient (Wildman–Crippen LogP) is 1.40. The summed E-state index contributed by atoms with van der Waals surface area (Å²) in [4.78, 5) is 2.25. The molecule has 0 N–H and O–H groups in total. The summed E-state index contributed by atoms with van der Waals surface area (Å²) in [6, 6.07) is 4.09. The molecule has 0 atom stereocenters. The first-order valence-electron chi connectivity index (χ1n) is 3.62. The van der Waals surface area contributed by atoms with Gasteiger partial charge in [-0.2, -0.15) is 0 Å². The van der Waals surface area contributed by atoms with Gasteiger partial charge in [-0.25, -0.2) is 0 Å². The van der Waals surface area contributed by atoms with Crippen molar-refractivity contribution in [2.45, 2.75) is 13.6 Å². The third-order valence-corrected chi connectivity index (χ3v) is 1.61. The first-order chi connectivity index (χ1) is 4.83. The van der Waals surface area contributed by atoms with Crippen molar-refractivity contribution in [1.29, 1.82) is 0 Å². The summed E-state index contributed by atoms with van der Waals surface area (Å²) in [6.45, 7) is 4.24. The summed E-state index contributed by atoms with van der Waals surface area (Å²) in [5, 5.41) is 0. The van der Waals surface area contributed by atoms with Gasteiger partial charge in [0.15, 0.2) is 0 Å². The van der Waals surface area contributed by atoms with E-state index >= 15 is 0 Å². The van der Waals surface area contributed by atoms with Crippen LogP contribution in [0.5, 0.6) is 0 Å². The lowest BCUT2D eigenvalue weighted by atomic mass is 10.6. The molecule has 1 aromatic rings. The maximum atomic E-state index is 2.25. The number of hydrogen-bond acceptors (Lipinski definition) is 1. The summed E-state index contributed by atoms with van der Waals surface area (Å²) < 4.78 is 2.16. The highest BCUT2D eigenvalue weighted by molar-refractivity contribution is 4.89. The molecule has 1 heterocycles. The average Bonchev–Trinajstić information content (AvgIpc) is 2.40. The van der Waals surface area contributed by atoms with Crippen molar-refractivity contribution in [3.8, 4) is 0 Å². The Morgan fingerprint density at radius 1 is 1.30 bits per heavy atom. The Kier molecular flexibility index (Phi) is 2.51. The van der Waals surface area contributed by atoms with Gasteiger partial charge in [-0.15, -0.1) is 0 Å². The molecule has 0 bridgehead atoms. The summed E-state index contributed by atoms with van der Waals surface area (Å²) in [5.74, 6) is 0. The number of hydrogen-bond donors (Lipinski definition) is 0. The van der Waals surface area contributed by atoms with E-state index in [2.05, 4.69) is 35.8 Å². The molecule has 1 rings (SSSR count). The van der Waals surface area contributed by atoms with Crippen LogP contribution in [-0.4, -0.2) is 23.1 Å². The molecule has 0 spiro atoms. The normalized spacial score (nSPS) is 10.7. The maximum Gasteiger partial charge on any atom is 0.0742 e. The Morgan fingerprint density at radius 3 is 2.40 bits per heavy atom. The summed E-state index contributed by atoms with van der Waals surface area (Å²) >= 11 is 0. The molecule has 0 radical (unpaired) electrons. The number of rotatable bonds is 3. The van der Waals surface area contributed by atoms with E-state index < -0.39 is 0 Å². The zero-order chi connectivity index (χ0) is 7.40. The van der Waals surface area contributed by atoms with E-state index in [0.717, 1.165) is 13.2 Å². The second-order valence-corrected chi connectivity index (χ2v) is 2.51. The fourth-order valence-electron chi connectivity index (χ4n) is 0.843. The molecule has 0 aromatic carbocycles. The van der Waals surface area contributed by atoms with Crippen LogP contribution >= 0.6 is 0 Å². The SMILES string of the molecule is CCN(C)Cn1cccc1. The summed E-state index contributed by atoms with van der Waals surface area (Å²) in [6.07, 6.45) is 4.15. The zero-order valence-electron chi connectivity index (χ0n) is 6.62. The van der Waals surface area contributed by atoms with Crippen LogP contribution in [0.1, 0.15) is 6.92 Å². The summed E-state index contributed by atoms with van der Waals surface area (Å²) in [7, 11) is 2.11. The fourth-order valence-corrected chi connectivity index (χ4v) is 0.843. The molecule has 1 aromatic heterocycles. The molecule has 56 valence electrons. The highest BCUT2D eigenvalue weighted by Gasteiger charge is 1.92. The average molecular weight is 138 g/mol. The van der Waals surface area contributed by atoms with Crippen LogP contribution in [0.4, 0.5) is 0 Å². The van der Waals surface area contributed by atoms with Crippen molar-refractivity contribution in [2.75, 3.05) is 13.6 Å². The molecule has 0 aliphatic carbocycles. The minimum absolute atomic E-state index is 0.990. The second-order valence-electron chi connectivity index (χ2n) is 2.51. The van der Waals surface area contributed by atoms with Crippen molar-refractivity contribution in [3.63, 3.8) is 0 Å². The van der Waals surface area contributed by atoms with E-state index in [9.17, 15) is 0 Å². The van der Waals surface area contributed by atoms with Crippen molar-refractivity contribution in [1.82, 2.24) is 9.47 Å². The van der Waals surface area contributed by atoms with Crippen LogP contribution in [0.2, 0.25) is 0 Å². The Hall–Kier alpha value is -0.760. The predicted molar refractivity (Wildman–Crippen MR) is 42.7 cm³/mol. The van der Waals surface area contributed by atoms with Crippen LogP contribution in [-0.2, 0) is 6.67 Å². The Balaban J connectivity index is 2.40. The third-order valence-electron chi connectivity index (χ3n) is 1.61. The van der Waals surface area contributed by atoms with Crippen LogP contribution < -0.4 is 0 Å². The molecule has 0 amide bonds. The van der Waals surface area contributed by atoms with Crippen molar-refractivity contribution < 1.29 is 0 Å². The van der Waals surface area contributed by atoms with Crippen molar-refractivity contribution in [2.24, 2.45) is 0 Å². The van der Waals surface area contributed by atoms with E-state index in [-0.39, 0.29) is 0 Å². The largest absolute Gasteiger partial charge is 0.341 e. The van der Waals surface area contributed by atoms with Gasteiger partial charge in [0.05, 0.1) is 6.67 Å². The van der Waals surface area contributed by atoms with Crippen molar-refractivity contribution >= 4 is 0 Å². The summed E-state index contributed by atoms with van der Waals surface area (Å²) in [5.41, 5.74) is 0. The molecule has 0 aliphatic rings. The van der Waals surface area contributed by atoms with Gasteiger partial charge in [0, 0.05) is 12.4 Å². The highest BCUT2D eigenvalue weighted by Crippen LogP contribution is 1.91. The lowest BCUT2D eigenvalue weighted by molar-refractivity contribution is 0.283. The molecule has 10 heavy (non-hydrogen) atoms. The van der Waals surface area contributed by atoms with Crippen molar-refractivity contribution in [3.05, 3.63) is 24.5 Å². The Labute approximate surface area is 62.1 Å². The molecule has 2 nitrogen and oxygen atoms in total. The van der Waals surface area contributed by atoms with E-state index in [1.807, 2.05) is 12.1 Å². The van der Waals surface area contributed by atoms with Crippen LogP contribution in [0.3, 0.4) is 0 Å². The second kappa shape index (κ2) is 3.42. The molecular weight excluding hydrogens is 124 g/mol. The highest BCUT2D eigenvalue weighted by atomic mass is 15.2. The lowest BCUT2D eigenvalue weighted by Crippen LogP contribution is -2.20. The minimum Gasteiger partial charge on any atom is -0.341 e. The van der Waals surface area contributed by atoms with E-state index in [0.29, 0.717) is 0 Å². The van der Waals surface area contributed by atoms with E-state index in [1.54, 1.807) is 0 Å². The number of nitrogens with zero attached hydrogens (tertiary/aromatic N) is 2. The van der Waals surface area contributed by atoms with Crippen LogP contribution in [0.25, 0.3) is 0 Å². The van der Waals surface area contributed by atoms with Gasteiger partial charge in [-0.05, 0) is 25.7 Å². The molecule has 2 heteroatoms. The van der Waals surface area contributed by atoms with Gasteiger partial charge in [0.1, 0.15) is 0 Å². The molecule has 0 unspecified atom stereocenters. The van der Waals surface area contributed by atoms with Crippen LogP contribution in [0, 0.1) is 0 Å². The maximum absolute atomic E-state index is 2.25. The Bertz CT molecular complexity index is 167. The molecule has 0 fully saturated rings. The smallest absolute Gasteiger partial charge is 0.0742 e. The van der Waals surface area contributed by atoms with Gasteiger partial charge < -0.3 is 4.57 Å². The quantitative estimate of drug-likeness (QED) is 0.613. The monoisotopic (exact) mass is 138 g/mol. The lowest BCUT2D eigenvalue weighted by Gasteiger charge is -2.13. The van der Waals surface area contributed by atoms with E-state index in [1.165, 1.54) is 0 Å². The Morgan fingerprint density at radius 2 is 1.90 bits per heavy atom. The van der Waals surface area contributed by atoms with Gasteiger partial charge >= 0.3 is 0 Å². The first-order valence-corrected chi connectivity index (χ1v) is 3.62. The molecule has 0 aliphatic heterocycles. The minimum atomic E-state index is 0.990. The molecule has 0 saturated heterocycles. The van der Waals surface area contributed by atoms with Gasteiger partial charge in [0.2, 0.25) is 0 Å². The number of aromatic nitrogens is 1. The van der Waals surface area contributed by atoms with Gasteiger partial charge in [-0.3, -0.25) is 4.90 Å². The molecule has 0 saturated carbocycles. The topological polar surface area (TPSA) is 8.17 Å². The van der Waals surface area contributed by atoms with Gasteiger partial charge in [0.25, 0.3) is 0 Å².